The monoisotopic (exact) mass is 531 g/mol. The number of para-hydroxylation sites is 2. The molecule has 3 rings (SSSR count). The van der Waals surface area contributed by atoms with Crippen molar-refractivity contribution in [3.63, 3.8) is 0 Å². The lowest BCUT2D eigenvalue weighted by molar-refractivity contribution is 0.120. The molecule has 7 nitrogen and oxygen atoms in total. The highest BCUT2D eigenvalue weighted by atomic mass is 127. The number of nitrogens with one attached hydrogen (secondary N) is 1. The van der Waals surface area contributed by atoms with Crippen LogP contribution in [0.4, 0.5) is 5.69 Å². The van der Waals surface area contributed by atoms with Crippen LogP contribution in [0, 0.1) is 5.92 Å². The van der Waals surface area contributed by atoms with Gasteiger partial charge in [0.1, 0.15) is 5.75 Å². The number of anilines is 1. The van der Waals surface area contributed by atoms with E-state index in [0.29, 0.717) is 0 Å². The van der Waals surface area contributed by atoms with Crippen LogP contribution < -0.4 is 15.0 Å². The predicted octanol–water partition coefficient (Wildman–Crippen LogP) is 2.37. The molecule has 0 aliphatic carbocycles. The van der Waals surface area contributed by atoms with E-state index in [2.05, 4.69) is 37.1 Å². The average Bonchev–Trinajstić information content (AvgIpc) is 2.79. The molecule has 1 N–H and O–H groups in total. The van der Waals surface area contributed by atoms with Gasteiger partial charge in [-0.15, -0.1) is 24.0 Å². The lowest BCUT2D eigenvalue weighted by atomic mass is 9.97. The van der Waals surface area contributed by atoms with Crippen LogP contribution in [0.3, 0.4) is 0 Å². The maximum absolute atomic E-state index is 5.53. The fourth-order valence-electron chi connectivity index (χ4n) is 4.25. The second kappa shape index (κ2) is 13.2. The molecule has 2 aliphatic heterocycles. The van der Waals surface area contributed by atoms with E-state index < -0.39 is 0 Å². The number of methoxy groups -OCH3 is 2. The van der Waals surface area contributed by atoms with Gasteiger partial charge in [-0.2, -0.15) is 0 Å². The van der Waals surface area contributed by atoms with Crippen molar-refractivity contribution in [2.24, 2.45) is 10.9 Å². The number of aliphatic imine (C=N–C) groups is 1. The van der Waals surface area contributed by atoms with Gasteiger partial charge in [-0.1, -0.05) is 12.1 Å². The van der Waals surface area contributed by atoms with E-state index in [1.807, 2.05) is 19.2 Å². The van der Waals surface area contributed by atoms with Crippen LogP contribution in [0.15, 0.2) is 29.3 Å². The molecule has 8 heteroatoms. The Morgan fingerprint density at radius 2 is 1.77 bits per heavy atom. The predicted molar refractivity (Wildman–Crippen MR) is 135 cm³/mol. The van der Waals surface area contributed by atoms with E-state index in [0.717, 1.165) is 63.5 Å². The van der Waals surface area contributed by atoms with Crippen LogP contribution in [-0.4, -0.2) is 96.0 Å². The highest BCUT2D eigenvalue weighted by molar-refractivity contribution is 14.0. The summed E-state index contributed by atoms with van der Waals surface area (Å²) in [6.07, 6.45) is 2.49. The number of piperazine rings is 1. The van der Waals surface area contributed by atoms with E-state index in [-0.39, 0.29) is 24.0 Å². The van der Waals surface area contributed by atoms with Crippen LogP contribution in [0.5, 0.6) is 5.75 Å². The highest BCUT2D eigenvalue weighted by Gasteiger charge is 2.23. The first kappa shape index (κ1) is 25.0. The van der Waals surface area contributed by atoms with Gasteiger partial charge in [-0.3, -0.25) is 4.99 Å². The molecule has 2 heterocycles. The van der Waals surface area contributed by atoms with Gasteiger partial charge in [-0.25, -0.2) is 0 Å². The van der Waals surface area contributed by atoms with E-state index in [4.69, 9.17) is 9.47 Å². The molecule has 1 aromatic rings. The number of benzene rings is 1. The average molecular weight is 531 g/mol. The van der Waals surface area contributed by atoms with Crippen molar-refractivity contribution in [3.8, 4) is 5.75 Å². The topological polar surface area (TPSA) is 52.6 Å². The fourth-order valence-corrected chi connectivity index (χ4v) is 4.25. The zero-order valence-corrected chi connectivity index (χ0v) is 21.0. The summed E-state index contributed by atoms with van der Waals surface area (Å²) >= 11 is 0. The number of halogens is 1. The van der Waals surface area contributed by atoms with Crippen molar-refractivity contribution in [1.29, 1.82) is 0 Å². The maximum Gasteiger partial charge on any atom is 0.193 e. The SMILES string of the molecule is CN=C(NCC1CCN(CCOC)CC1)N1CCN(c2ccccc2OC)CC1.I. The summed E-state index contributed by atoms with van der Waals surface area (Å²) in [5.41, 5.74) is 1.18. The highest BCUT2D eigenvalue weighted by Crippen LogP contribution is 2.28. The normalized spacial score (nSPS) is 18.8. The van der Waals surface area contributed by atoms with Crippen LogP contribution >= 0.6 is 24.0 Å². The molecule has 0 saturated carbocycles. The number of hydrogen-bond acceptors (Lipinski definition) is 5. The number of nitrogens with zero attached hydrogens (tertiary/aromatic N) is 4. The summed E-state index contributed by atoms with van der Waals surface area (Å²) in [6, 6.07) is 8.26. The van der Waals surface area contributed by atoms with Crippen LogP contribution in [0.25, 0.3) is 0 Å². The standard InChI is InChI=1S/C22H37N5O2.HI/c1-23-22(24-18-19-8-10-25(11-9-19)16-17-28-2)27-14-12-26(13-15-27)20-6-4-5-7-21(20)29-3;/h4-7,19H,8-18H2,1-3H3,(H,23,24);1H. The number of piperidine rings is 1. The van der Waals surface area contributed by atoms with Crippen LogP contribution in [0.2, 0.25) is 0 Å². The molecular weight excluding hydrogens is 493 g/mol. The molecule has 2 saturated heterocycles. The third-order valence-electron chi connectivity index (χ3n) is 6.08. The summed E-state index contributed by atoms with van der Waals surface area (Å²) in [4.78, 5) is 11.8. The van der Waals surface area contributed by atoms with Crippen molar-refractivity contribution >= 4 is 35.6 Å². The fraction of sp³-hybridized carbons (Fsp3) is 0.682. The van der Waals surface area contributed by atoms with Gasteiger partial charge in [0, 0.05) is 53.4 Å². The van der Waals surface area contributed by atoms with Crippen molar-refractivity contribution in [2.45, 2.75) is 12.8 Å². The minimum Gasteiger partial charge on any atom is -0.495 e. The molecule has 2 fully saturated rings. The quantitative estimate of drug-likeness (QED) is 0.332. The minimum atomic E-state index is 0. The lowest BCUT2D eigenvalue weighted by Gasteiger charge is -2.38. The van der Waals surface area contributed by atoms with Gasteiger partial charge in [0.05, 0.1) is 19.4 Å². The summed E-state index contributed by atoms with van der Waals surface area (Å²) in [7, 11) is 5.41. The van der Waals surface area contributed by atoms with Crippen molar-refractivity contribution in [1.82, 2.24) is 15.1 Å². The lowest BCUT2D eigenvalue weighted by Crippen LogP contribution is -2.53. The Kier molecular flexibility index (Phi) is 11.0. The molecule has 0 radical (unpaired) electrons. The smallest absolute Gasteiger partial charge is 0.193 e. The van der Waals surface area contributed by atoms with Crippen molar-refractivity contribution in [2.75, 3.05) is 85.1 Å². The third-order valence-corrected chi connectivity index (χ3v) is 6.08. The number of rotatable bonds is 7. The van der Waals surface area contributed by atoms with Gasteiger partial charge in [0.15, 0.2) is 5.96 Å². The summed E-state index contributed by atoms with van der Waals surface area (Å²) in [5, 5.41) is 3.63. The molecule has 30 heavy (non-hydrogen) atoms. The number of likely N-dealkylation sites (tertiary alicyclic amines) is 1. The zero-order chi connectivity index (χ0) is 20.5. The van der Waals surface area contributed by atoms with E-state index in [9.17, 15) is 0 Å². The molecule has 0 amide bonds. The molecule has 0 atom stereocenters. The molecular formula is C22H38IN5O2. The third kappa shape index (κ3) is 6.88. The maximum atomic E-state index is 5.53. The largest absolute Gasteiger partial charge is 0.495 e. The van der Waals surface area contributed by atoms with Gasteiger partial charge in [-0.05, 0) is 44.0 Å². The first-order valence-corrected chi connectivity index (χ1v) is 10.8. The van der Waals surface area contributed by atoms with Gasteiger partial charge in [0.2, 0.25) is 0 Å². The first-order chi connectivity index (χ1) is 14.2. The van der Waals surface area contributed by atoms with Crippen LogP contribution in [-0.2, 0) is 4.74 Å². The molecule has 1 aromatic carbocycles. The Labute approximate surface area is 198 Å². The van der Waals surface area contributed by atoms with Gasteiger partial charge in [0.25, 0.3) is 0 Å². The molecule has 2 aliphatic rings. The van der Waals surface area contributed by atoms with Crippen molar-refractivity contribution < 1.29 is 9.47 Å². The zero-order valence-electron chi connectivity index (χ0n) is 18.7. The Bertz CT molecular complexity index is 644. The number of hydrogen-bond donors (Lipinski definition) is 1. The second-order valence-corrected chi connectivity index (χ2v) is 7.85. The van der Waals surface area contributed by atoms with E-state index in [1.165, 1.54) is 31.6 Å². The summed E-state index contributed by atoms with van der Waals surface area (Å²) in [5.74, 6) is 2.70. The molecule has 0 aromatic heterocycles. The molecule has 0 spiro atoms. The summed E-state index contributed by atoms with van der Waals surface area (Å²) < 4.78 is 10.7. The first-order valence-electron chi connectivity index (χ1n) is 10.8. The molecule has 0 bridgehead atoms. The van der Waals surface area contributed by atoms with Gasteiger partial charge < -0.3 is 29.5 Å². The minimum absolute atomic E-state index is 0. The van der Waals surface area contributed by atoms with E-state index in [1.54, 1.807) is 14.2 Å². The Morgan fingerprint density at radius 3 is 2.40 bits per heavy atom. The van der Waals surface area contributed by atoms with Crippen molar-refractivity contribution in [3.05, 3.63) is 24.3 Å². The number of ether oxygens (including phenoxy) is 2. The Balaban J connectivity index is 0.00000320. The van der Waals surface area contributed by atoms with Gasteiger partial charge >= 0.3 is 0 Å². The molecule has 170 valence electrons. The second-order valence-electron chi connectivity index (χ2n) is 7.85. The molecule has 0 unspecified atom stereocenters. The summed E-state index contributed by atoms with van der Waals surface area (Å²) in [6.45, 7) is 9.11. The number of guanidine groups is 1. The Morgan fingerprint density at radius 1 is 1.07 bits per heavy atom. The van der Waals surface area contributed by atoms with E-state index >= 15 is 0 Å². The van der Waals surface area contributed by atoms with Crippen LogP contribution in [0.1, 0.15) is 12.8 Å². The Hall–Kier alpha value is -1.26.